The summed E-state index contributed by atoms with van der Waals surface area (Å²) in [6, 6.07) is 1.65. The van der Waals surface area contributed by atoms with Crippen LogP contribution in [0.5, 0.6) is 0 Å². The Hall–Kier alpha value is -2.15. The molecule has 0 fully saturated rings. The Morgan fingerprint density at radius 3 is 3.00 bits per heavy atom. The van der Waals surface area contributed by atoms with Gasteiger partial charge in [0.25, 0.3) is 5.91 Å². The average Bonchev–Trinajstić information content (AvgIpc) is 2.98. The number of fused-ring (bicyclic) bond motifs is 1. The summed E-state index contributed by atoms with van der Waals surface area (Å²) in [5.74, 6) is 0.746. The third kappa shape index (κ3) is 1.78. The van der Waals surface area contributed by atoms with E-state index in [2.05, 4.69) is 15.5 Å². The molecule has 1 amide bonds. The van der Waals surface area contributed by atoms with E-state index in [4.69, 9.17) is 4.52 Å². The Bertz CT molecular complexity index is 724. The zero-order chi connectivity index (χ0) is 12.7. The Morgan fingerprint density at radius 2 is 2.33 bits per heavy atom. The summed E-state index contributed by atoms with van der Waals surface area (Å²) in [7, 11) is 0. The molecule has 0 unspecified atom stereocenters. The molecule has 0 radical (unpaired) electrons. The number of hydrogen-bond donors (Lipinski definition) is 1. The fraction of sp³-hybridized carbons (Fsp3) is 0.182. The third-order valence-electron chi connectivity index (χ3n) is 2.49. The van der Waals surface area contributed by atoms with Crippen molar-refractivity contribution < 1.29 is 9.32 Å². The first-order valence-electron chi connectivity index (χ1n) is 5.31. The van der Waals surface area contributed by atoms with Crippen molar-refractivity contribution in [3.05, 3.63) is 34.8 Å². The van der Waals surface area contributed by atoms with Gasteiger partial charge in [-0.25, -0.2) is 4.98 Å². The smallest absolute Gasteiger partial charge is 0.277 e. The van der Waals surface area contributed by atoms with Crippen molar-refractivity contribution in [2.75, 3.05) is 5.32 Å². The number of carbonyl (C=O) groups is 1. The lowest BCUT2D eigenvalue weighted by Gasteiger charge is -1.95. The fourth-order valence-corrected chi connectivity index (χ4v) is 2.46. The van der Waals surface area contributed by atoms with E-state index >= 15 is 0 Å². The van der Waals surface area contributed by atoms with E-state index in [1.54, 1.807) is 19.2 Å². The molecule has 0 aliphatic carbocycles. The second-order valence-electron chi connectivity index (χ2n) is 3.93. The van der Waals surface area contributed by atoms with Gasteiger partial charge in [0.15, 0.2) is 10.8 Å². The first-order valence-corrected chi connectivity index (χ1v) is 6.19. The minimum atomic E-state index is -0.293. The Balaban J connectivity index is 1.87. The van der Waals surface area contributed by atoms with Gasteiger partial charge in [-0.2, -0.15) is 0 Å². The van der Waals surface area contributed by atoms with Crippen LogP contribution in [-0.4, -0.2) is 20.4 Å². The molecule has 3 aromatic rings. The van der Waals surface area contributed by atoms with Crippen LogP contribution in [0, 0.1) is 13.8 Å². The Morgan fingerprint density at radius 1 is 1.50 bits per heavy atom. The molecule has 92 valence electrons. The first-order chi connectivity index (χ1) is 8.63. The number of nitrogens with zero attached hydrogens (tertiary/aromatic N) is 3. The lowest BCUT2D eigenvalue weighted by molar-refractivity contribution is 0.102. The summed E-state index contributed by atoms with van der Waals surface area (Å²) in [6.07, 6.45) is 1.71. The van der Waals surface area contributed by atoms with E-state index in [1.165, 1.54) is 11.3 Å². The van der Waals surface area contributed by atoms with Gasteiger partial charge in [0, 0.05) is 23.3 Å². The summed E-state index contributed by atoms with van der Waals surface area (Å²) in [4.78, 5) is 17.0. The highest BCUT2D eigenvalue weighted by Gasteiger charge is 2.14. The molecule has 7 heteroatoms. The standard InChI is InChI=1S/C11H10N4O2S/c1-6-5-18-11-12-8(4-15(6)11)10(16)13-9-3-7(2)17-14-9/h3-5H,1-2H3,(H,13,14,16). The number of thiazole rings is 1. The maximum absolute atomic E-state index is 11.9. The van der Waals surface area contributed by atoms with Crippen LogP contribution in [0.1, 0.15) is 21.9 Å². The van der Waals surface area contributed by atoms with Crippen molar-refractivity contribution >= 4 is 28.0 Å². The minimum Gasteiger partial charge on any atom is -0.360 e. The van der Waals surface area contributed by atoms with Crippen molar-refractivity contribution in [1.82, 2.24) is 14.5 Å². The largest absolute Gasteiger partial charge is 0.360 e. The lowest BCUT2D eigenvalue weighted by atomic mass is 10.4. The van der Waals surface area contributed by atoms with Crippen LogP contribution >= 0.6 is 11.3 Å². The number of anilines is 1. The molecule has 0 saturated carbocycles. The highest BCUT2D eigenvalue weighted by atomic mass is 32.1. The number of imidazole rings is 1. The van der Waals surface area contributed by atoms with Crippen molar-refractivity contribution in [2.24, 2.45) is 0 Å². The molecule has 18 heavy (non-hydrogen) atoms. The molecular formula is C11H10N4O2S. The van der Waals surface area contributed by atoms with Gasteiger partial charge < -0.3 is 9.84 Å². The van der Waals surface area contributed by atoms with Gasteiger partial charge in [-0.3, -0.25) is 9.20 Å². The van der Waals surface area contributed by atoms with Crippen molar-refractivity contribution in [3.8, 4) is 0 Å². The number of carbonyl (C=O) groups excluding carboxylic acids is 1. The number of hydrogen-bond acceptors (Lipinski definition) is 5. The Kier molecular flexibility index (Phi) is 2.41. The van der Waals surface area contributed by atoms with Gasteiger partial charge in [-0.1, -0.05) is 5.16 Å². The maximum atomic E-state index is 11.9. The van der Waals surface area contributed by atoms with Crippen LogP contribution in [0.3, 0.4) is 0 Å². The van der Waals surface area contributed by atoms with E-state index in [0.29, 0.717) is 17.3 Å². The average molecular weight is 262 g/mol. The fourth-order valence-electron chi connectivity index (χ4n) is 1.61. The predicted octanol–water partition coefficient (Wildman–Crippen LogP) is 2.25. The molecule has 3 rings (SSSR count). The van der Waals surface area contributed by atoms with Crippen LogP contribution in [-0.2, 0) is 0 Å². The molecule has 3 heterocycles. The topological polar surface area (TPSA) is 72.4 Å². The Labute approximate surface area is 106 Å². The zero-order valence-corrected chi connectivity index (χ0v) is 10.6. The second-order valence-corrected chi connectivity index (χ2v) is 4.77. The molecule has 0 aliphatic heterocycles. The molecule has 0 aromatic carbocycles. The molecule has 0 bridgehead atoms. The predicted molar refractivity (Wildman–Crippen MR) is 67.0 cm³/mol. The van der Waals surface area contributed by atoms with E-state index in [0.717, 1.165) is 10.7 Å². The summed E-state index contributed by atoms with van der Waals surface area (Å²) in [6.45, 7) is 3.73. The summed E-state index contributed by atoms with van der Waals surface area (Å²) < 4.78 is 6.76. The van der Waals surface area contributed by atoms with Crippen molar-refractivity contribution in [1.29, 1.82) is 0 Å². The van der Waals surface area contributed by atoms with Gasteiger partial charge in [0.2, 0.25) is 0 Å². The summed E-state index contributed by atoms with van der Waals surface area (Å²) >= 11 is 1.50. The number of aromatic nitrogens is 3. The van der Waals surface area contributed by atoms with Crippen LogP contribution in [0.4, 0.5) is 5.82 Å². The number of nitrogens with one attached hydrogen (secondary N) is 1. The number of aryl methyl sites for hydroxylation is 2. The SMILES string of the molecule is Cc1cc(NC(=O)c2cn3c(C)csc3n2)no1. The molecule has 0 atom stereocenters. The monoisotopic (exact) mass is 262 g/mol. The van der Waals surface area contributed by atoms with Crippen LogP contribution in [0.25, 0.3) is 4.96 Å². The lowest BCUT2D eigenvalue weighted by Crippen LogP contribution is -2.12. The van der Waals surface area contributed by atoms with Gasteiger partial charge in [0.1, 0.15) is 11.5 Å². The first kappa shape index (κ1) is 11.0. The highest BCUT2D eigenvalue weighted by Crippen LogP contribution is 2.16. The van der Waals surface area contributed by atoms with E-state index < -0.39 is 0 Å². The van der Waals surface area contributed by atoms with E-state index in [1.807, 2.05) is 16.7 Å². The van der Waals surface area contributed by atoms with Crippen molar-refractivity contribution in [2.45, 2.75) is 13.8 Å². The zero-order valence-electron chi connectivity index (χ0n) is 9.80. The molecule has 3 aromatic heterocycles. The molecule has 1 N–H and O–H groups in total. The quantitative estimate of drug-likeness (QED) is 0.768. The van der Waals surface area contributed by atoms with Gasteiger partial charge in [-0.05, 0) is 13.8 Å². The van der Waals surface area contributed by atoms with Crippen molar-refractivity contribution in [3.63, 3.8) is 0 Å². The van der Waals surface area contributed by atoms with Gasteiger partial charge >= 0.3 is 0 Å². The molecule has 0 aliphatic rings. The van der Waals surface area contributed by atoms with Crippen LogP contribution in [0.2, 0.25) is 0 Å². The van der Waals surface area contributed by atoms with Crippen LogP contribution in [0.15, 0.2) is 22.2 Å². The van der Waals surface area contributed by atoms with Crippen LogP contribution < -0.4 is 5.32 Å². The van der Waals surface area contributed by atoms with E-state index in [-0.39, 0.29) is 5.91 Å². The maximum Gasteiger partial charge on any atom is 0.277 e. The van der Waals surface area contributed by atoms with E-state index in [9.17, 15) is 4.79 Å². The van der Waals surface area contributed by atoms with Gasteiger partial charge in [0.05, 0.1) is 0 Å². The molecule has 0 spiro atoms. The second kappa shape index (κ2) is 3.95. The summed E-state index contributed by atoms with van der Waals surface area (Å²) in [5, 5.41) is 8.33. The minimum absolute atomic E-state index is 0.293. The molecule has 6 nitrogen and oxygen atoms in total. The van der Waals surface area contributed by atoms with Gasteiger partial charge in [-0.15, -0.1) is 11.3 Å². The third-order valence-corrected chi connectivity index (χ3v) is 3.45. The molecular weight excluding hydrogens is 252 g/mol. The molecule has 0 saturated heterocycles. The highest BCUT2D eigenvalue weighted by molar-refractivity contribution is 7.15. The number of rotatable bonds is 2. The summed E-state index contributed by atoms with van der Waals surface area (Å²) in [5.41, 5.74) is 1.42. The normalized spacial score (nSPS) is 11.0. The number of amides is 1.